The molecule has 0 radical (unpaired) electrons. The molecule has 0 spiro atoms. The molecule has 1 saturated heterocycles. The minimum atomic E-state index is -0.928. The molecule has 0 saturated carbocycles. The van der Waals surface area contributed by atoms with Crippen molar-refractivity contribution in [1.82, 2.24) is 0 Å². The second kappa shape index (κ2) is 6.65. The molecule has 8 heteroatoms. The van der Waals surface area contributed by atoms with Gasteiger partial charge in [-0.3, -0.25) is 0 Å². The van der Waals surface area contributed by atoms with E-state index in [0.29, 0.717) is 17.1 Å². The van der Waals surface area contributed by atoms with Crippen LogP contribution >= 0.6 is 9.19 Å². The molecule has 1 aliphatic rings. The van der Waals surface area contributed by atoms with Crippen molar-refractivity contribution in [1.29, 1.82) is 0 Å². The van der Waals surface area contributed by atoms with Crippen LogP contribution in [-0.2, 0) is 18.2 Å². The molecule has 1 heterocycles. The Balaban J connectivity index is 1.98. The number of rotatable bonds is 2. The maximum absolute atomic E-state index is 14.0. The molecule has 0 atom stereocenters. The fourth-order valence-electron chi connectivity index (χ4n) is 2.40. The van der Waals surface area contributed by atoms with E-state index in [4.69, 9.17) is 9.19 Å². The topological polar surface area (TPSA) is 6.48 Å². The van der Waals surface area contributed by atoms with Gasteiger partial charge in [-0.15, -0.1) is 0 Å². The molecule has 127 valence electrons. The molecule has 2 aromatic rings. The van der Waals surface area contributed by atoms with Crippen molar-refractivity contribution in [3.8, 4) is 0 Å². The Morgan fingerprint density at radius 1 is 0.783 bits per heavy atom. The average molecular weight is 527 g/mol. The molecule has 23 heavy (non-hydrogen) atoms. The normalized spacial score (nSPS) is 14.9. The Bertz CT molecular complexity index is 723. The number of halogens is 5. The van der Waals surface area contributed by atoms with E-state index in [1.54, 1.807) is 9.80 Å². The molecule has 0 bridgehead atoms. The summed E-state index contributed by atoms with van der Waals surface area (Å²) in [6.45, 7) is 0.746. The Labute approximate surface area is 142 Å². The number of hydrogen-bond donors (Lipinski definition) is 0. The van der Waals surface area contributed by atoms with E-state index < -0.39 is 41.5 Å². The monoisotopic (exact) mass is 526 g/mol. The summed E-state index contributed by atoms with van der Waals surface area (Å²) >= 11 is -0.928. The summed E-state index contributed by atoms with van der Waals surface area (Å²) in [7, 11) is 6.05. The zero-order valence-electron chi connectivity index (χ0n) is 11.5. The van der Waals surface area contributed by atoms with Crippen molar-refractivity contribution in [2.45, 2.75) is 0 Å². The van der Waals surface area contributed by atoms with Gasteiger partial charge in [-0.05, 0) is 0 Å². The standard InChI is InChI=1S/C15H10F4N2.Au.ClH/c16-10-1-3-14(12(18)7-10)20-5-6-21(9-20)15-4-2-11(17)8-13(15)19;;/h1-4,7-8H,5-6H2;;1H/p-1. The van der Waals surface area contributed by atoms with E-state index >= 15 is 0 Å². The Kier molecular flexibility index (Phi) is 4.77. The van der Waals surface area contributed by atoms with E-state index in [-0.39, 0.29) is 11.4 Å². The van der Waals surface area contributed by atoms with Gasteiger partial charge in [-0.2, -0.15) is 0 Å². The maximum atomic E-state index is 14.0. The minimum absolute atomic E-state index is 0.184. The molecule has 1 fully saturated rings. The van der Waals surface area contributed by atoms with Crippen LogP contribution in [0, 0.1) is 23.3 Å². The molecule has 2 nitrogen and oxygen atoms in total. The summed E-state index contributed by atoms with van der Waals surface area (Å²) in [6, 6.07) is 6.54. The number of benzene rings is 2. The first-order chi connectivity index (χ1) is 11.0. The van der Waals surface area contributed by atoms with Crippen LogP contribution in [0.5, 0.6) is 0 Å². The van der Waals surface area contributed by atoms with Crippen molar-refractivity contribution >= 4 is 24.5 Å². The van der Waals surface area contributed by atoms with Crippen LogP contribution in [0.2, 0.25) is 0 Å². The van der Waals surface area contributed by atoms with Crippen LogP contribution in [0.3, 0.4) is 0 Å². The third-order valence-electron chi connectivity index (χ3n) is 3.40. The van der Waals surface area contributed by atoms with Crippen molar-refractivity contribution in [3.05, 3.63) is 59.7 Å². The van der Waals surface area contributed by atoms with Gasteiger partial charge in [-0.25, -0.2) is 0 Å². The second-order valence-electron chi connectivity index (χ2n) is 4.79. The van der Waals surface area contributed by atoms with E-state index in [0.717, 1.165) is 24.3 Å². The summed E-state index contributed by atoms with van der Waals surface area (Å²) in [6.07, 6.45) is 0. The quantitative estimate of drug-likeness (QED) is 0.433. The summed E-state index contributed by atoms with van der Waals surface area (Å²) in [5, 5.41) is 0. The average Bonchev–Trinajstić information content (AvgIpc) is 2.90. The Hall–Kier alpha value is -1.34. The fourth-order valence-corrected chi connectivity index (χ4v) is 4.85. The van der Waals surface area contributed by atoms with Crippen LogP contribution in [0.1, 0.15) is 0 Å². The van der Waals surface area contributed by atoms with Crippen molar-refractivity contribution in [2.24, 2.45) is 0 Å². The van der Waals surface area contributed by atoms with Crippen LogP contribution in [0.15, 0.2) is 36.4 Å². The molecule has 1 aliphatic heterocycles. The van der Waals surface area contributed by atoms with E-state index in [1.165, 1.54) is 12.1 Å². The second-order valence-corrected chi connectivity index (χ2v) is 7.10. The van der Waals surface area contributed by atoms with Gasteiger partial charge in [-0.1, -0.05) is 0 Å². The van der Waals surface area contributed by atoms with E-state index in [1.807, 2.05) is 0 Å². The van der Waals surface area contributed by atoms with E-state index in [2.05, 4.69) is 0 Å². The zero-order chi connectivity index (χ0) is 16.6. The molecule has 0 unspecified atom stereocenters. The molecule has 0 amide bonds. The van der Waals surface area contributed by atoms with Crippen LogP contribution < -0.4 is 9.80 Å². The summed E-state index contributed by atoms with van der Waals surface area (Å²) < 4.78 is 54.7. The third kappa shape index (κ3) is 3.17. The molecular weight excluding hydrogens is 517 g/mol. The van der Waals surface area contributed by atoms with Crippen molar-refractivity contribution in [2.75, 3.05) is 22.9 Å². The predicted molar refractivity (Wildman–Crippen MR) is 78.3 cm³/mol. The van der Waals surface area contributed by atoms with E-state index in [9.17, 15) is 17.6 Å². The van der Waals surface area contributed by atoms with Gasteiger partial charge in [0.05, 0.1) is 0 Å². The summed E-state index contributed by atoms with van der Waals surface area (Å²) in [5.74, 6) is -2.77. The molecule has 2 aromatic carbocycles. The first-order valence-corrected chi connectivity index (χ1v) is 10.3. The predicted octanol–water partition coefficient (Wildman–Crippen LogP) is 3.89. The van der Waals surface area contributed by atoms with Gasteiger partial charge in [0.1, 0.15) is 0 Å². The Morgan fingerprint density at radius 2 is 1.22 bits per heavy atom. The SMILES string of the molecule is Fc1ccc(N2CCN(c3ccc(F)cc3F)[C]2=[Au-][Cl])c(F)c1. The first-order valence-electron chi connectivity index (χ1n) is 6.52. The van der Waals surface area contributed by atoms with Crippen LogP contribution in [0.25, 0.3) is 0 Å². The molecular formula is C15H10AuClF4N2-. The molecule has 0 N–H and O–H groups in total. The van der Waals surface area contributed by atoms with Gasteiger partial charge in [0.15, 0.2) is 0 Å². The van der Waals surface area contributed by atoms with Crippen molar-refractivity contribution < 1.29 is 35.8 Å². The molecule has 0 aliphatic carbocycles. The summed E-state index contributed by atoms with van der Waals surface area (Å²) in [5.41, 5.74) is 0.367. The van der Waals surface area contributed by atoms with Gasteiger partial charge >= 0.3 is 143 Å². The van der Waals surface area contributed by atoms with Gasteiger partial charge in [0, 0.05) is 0 Å². The molecule has 3 rings (SSSR count). The summed E-state index contributed by atoms with van der Waals surface area (Å²) in [4.78, 5) is 3.21. The fraction of sp³-hybridized carbons (Fsp3) is 0.133. The third-order valence-corrected chi connectivity index (χ3v) is 5.77. The number of anilines is 2. The first kappa shape index (κ1) is 16.5. The molecule has 0 aromatic heterocycles. The van der Waals surface area contributed by atoms with Gasteiger partial charge < -0.3 is 0 Å². The Morgan fingerprint density at radius 3 is 1.57 bits per heavy atom. The number of hydrogen-bond acceptors (Lipinski definition) is 2. The van der Waals surface area contributed by atoms with Crippen LogP contribution in [0.4, 0.5) is 28.9 Å². The van der Waals surface area contributed by atoms with Gasteiger partial charge in [0.2, 0.25) is 0 Å². The van der Waals surface area contributed by atoms with Crippen molar-refractivity contribution in [3.63, 3.8) is 0 Å². The van der Waals surface area contributed by atoms with Crippen LogP contribution in [-0.4, -0.2) is 17.1 Å². The van der Waals surface area contributed by atoms with Gasteiger partial charge in [0.25, 0.3) is 0 Å². The number of nitrogens with zero attached hydrogens (tertiary/aromatic N) is 2. The zero-order valence-corrected chi connectivity index (χ0v) is 14.4.